The molecule has 248 valence electrons. The fourth-order valence-corrected chi connectivity index (χ4v) is 9.38. The molecule has 2 aromatic heterocycles. The molecule has 0 atom stereocenters. The molecule has 0 radical (unpaired) electrons. The van der Waals surface area contributed by atoms with Crippen LogP contribution in [-0.2, 0) is 10.8 Å². The lowest BCUT2D eigenvalue weighted by molar-refractivity contribution is 0.424. The minimum atomic E-state index is -0.316. The predicted molar refractivity (Wildman–Crippen MR) is 213 cm³/mol. The van der Waals surface area contributed by atoms with E-state index < -0.39 is 0 Å². The zero-order chi connectivity index (χ0) is 34.9. The van der Waals surface area contributed by atoms with Gasteiger partial charge in [0.25, 0.3) is 0 Å². The molecule has 3 heterocycles. The Bertz CT molecular complexity index is 3000. The molecule has 7 aromatic carbocycles. The third kappa shape index (κ3) is 3.76. The van der Waals surface area contributed by atoms with Gasteiger partial charge in [0.1, 0.15) is 11.3 Å². The number of nitrogens with zero attached hydrogens (tertiary/aromatic N) is 3. The molecule has 11 rings (SSSR count). The number of benzene rings is 7. The minimum absolute atomic E-state index is 0.0689. The molecule has 0 spiro atoms. The van der Waals surface area contributed by atoms with Crippen LogP contribution in [-0.4, -0.2) is 14.5 Å². The maximum absolute atomic E-state index is 7.06. The van der Waals surface area contributed by atoms with Gasteiger partial charge in [-0.2, -0.15) is 0 Å². The maximum atomic E-state index is 7.06. The van der Waals surface area contributed by atoms with Crippen LogP contribution >= 0.6 is 0 Å². The number of para-hydroxylation sites is 3. The van der Waals surface area contributed by atoms with Crippen molar-refractivity contribution in [2.45, 2.75) is 38.5 Å². The topological polar surface area (TPSA) is 39.9 Å². The lowest BCUT2D eigenvalue weighted by Gasteiger charge is -2.36. The van der Waals surface area contributed by atoms with Crippen molar-refractivity contribution in [3.8, 4) is 39.8 Å². The number of ether oxygens (including phenoxy) is 1. The summed E-state index contributed by atoms with van der Waals surface area (Å²) < 4.78 is 9.31. The van der Waals surface area contributed by atoms with Gasteiger partial charge >= 0.3 is 0 Å². The van der Waals surface area contributed by atoms with E-state index in [2.05, 4.69) is 172 Å². The summed E-state index contributed by atoms with van der Waals surface area (Å²) in [5, 5.41) is 5.72. The average Bonchev–Trinajstić information content (AvgIpc) is 3.64. The summed E-state index contributed by atoms with van der Waals surface area (Å²) >= 11 is 0. The van der Waals surface area contributed by atoms with Gasteiger partial charge < -0.3 is 4.74 Å². The van der Waals surface area contributed by atoms with Gasteiger partial charge in [-0.1, -0.05) is 143 Å². The first kappa shape index (κ1) is 29.5. The number of hydrogen-bond donors (Lipinski definition) is 0. The normalized spacial score (nSPS) is 15.0. The molecule has 0 amide bonds. The highest BCUT2D eigenvalue weighted by molar-refractivity contribution is 6.24. The number of aromatic nitrogens is 3. The van der Waals surface area contributed by atoms with Crippen LogP contribution in [0, 0.1) is 0 Å². The van der Waals surface area contributed by atoms with Gasteiger partial charge in [0.05, 0.1) is 16.7 Å². The Balaban J connectivity index is 1.26. The van der Waals surface area contributed by atoms with Crippen LogP contribution in [0.4, 0.5) is 0 Å². The van der Waals surface area contributed by atoms with Crippen LogP contribution in [0.2, 0.25) is 0 Å². The maximum Gasteiger partial charge on any atom is 0.235 e. The Morgan fingerprint density at radius 1 is 0.538 bits per heavy atom. The lowest BCUT2D eigenvalue weighted by Crippen LogP contribution is -2.25. The molecular weight excluding hydrogens is 635 g/mol. The minimum Gasteiger partial charge on any atom is -0.454 e. The molecule has 0 N–H and O–H groups in total. The van der Waals surface area contributed by atoms with Crippen LogP contribution in [0.5, 0.6) is 11.5 Å². The van der Waals surface area contributed by atoms with E-state index in [1.807, 2.05) is 0 Å². The van der Waals surface area contributed by atoms with Crippen molar-refractivity contribution in [2.75, 3.05) is 0 Å². The zero-order valence-electron chi connectivity index (χ0n) is 29.5. The third-order valence-electron chi connectivity index (χ3n) is 11.8. The van der Waals surface area contributed by atoms with E-state index in [1.165, 1.54) is 44.2 Å². The highest BCUT2D eigenvalue weighted by Gasteiger charge is 2.39. The smallest absolute Gasteiger partial charge is 0.235 e. The summed E-state index contributed by atoms with van der Waals surface area (Å²) in [5.41, 5.74) is 12.2. The first-order valence-corrected chi connectivity index (χ1v) is 18.1. The molecule has 2 aliphatic rings. The van der Waals surface area contributed by atoms with Crippen molar-refractivity contribution in [2.24, 2.45) is 0 Å². The molecule has 52 heavy (non-hydrogen) atoms. The van der Waals surface area contributed by atoms with E-state index >= 15 is 0 Å². The van der Waals surface area contributed by atoms with E-state index in [0.29, 0.717) is 5.95 Å². The summed E-state index contributed by atoms with van der Waals surface area (Å²) in [4.78, 5) is 10.9. The molecule has 9 aromatic rings. The Kier molecular flexibility index (Phi) is 5.76. The van der Waals surface area contributed by atoms with Gasteiger partial charge in [0, 0.05) is 43.7 Å². The zero-order valence-corrected chi connectivity index (χ0v) is 29.5. The van der Waals surface area contributed by atoms with E-state index in [0.717, 1.165) is 55.5 Å². The van der Waals surface area contributed by atoms with Gasteiger partial charge in [-0.25, -0.2) is 9.97 Å². The molecule has 1 aliphatic heterocycles. The van der Waals surface area contributed by atoms with Gasteiger partial charge in [-0.05, 0) is 57.3 Å². The highest BCUT2D eigenvalue weighted by Crippen LogP contribution is 2.56. The van der Waals surface area contributed by atoms with E-state index in [-0.39, 0.29) is 10.8 Å². The third-order valence-corrected chi connectivity index (χ3v) is 11.8. The molecule has 1 aliphatic carbocycles. The summed E-state index contributed by atoms with van der Waals surface area (Å²) in [5.74, 6) is 2.37. The number of rotatable bonds is 2. The van der Waals surface area contributed by atoms with Crippen LogP contribution in [0.25, 0.3) is 71.8 Å². The van der Waals surface area contributed by atoms with Gasteiger partial charge in [-0.3, -0.25) is 4.57 Å². The van der Waals surface area contributed by atoms with Crippen molar-refractivity contribution < 1.29 is 4.74 Å². The molecule has 0 saturated carbocycles. The van der Waals surface area contributed by atoms with E-state index in [4.69, 9.17) is 14.7 Å². The summed E-state index contributed by atoms with van der Waals surface area (Å²) in [6.45, 7) is 9.28. The second kappa shape index (κ2) is 10.2. The first-order valence-electron chi connectivity index (χ1n) is 18.1. The van der Waals surface area contributed by atoms with Crippen molar-refractivity contribution >= 4 is 43.5 Å². The van der Waals surface area contributed by atoms with Gasteiger partial charge in [0.15, 0.2) is 5.75 Å². The largest absolute Gasteiger partial charge is 0.454 e. The molecule has 4 nitrogen and oxygen atoms in total. The molecule has 0 fully saturated rings. The van der Waals surface area contributed by atoms with Crippen molar-refractivity contribution in [3.63, 3.8) is 0 Å². The monoisotopic (exact) mass is 669 g/mol. The molecule has 0 unspecified atom stereocenters. The quantitative estimate of drug-likeness (QED) is 0.184. The fraction of sp³-hybridized carbons (Fsp3) is 0.125. The van der Waals surface area contributed by atoms with Crippen LogP contribution in [0.15, 0.2) is 140 Å². The Morgan fingerprint density at radius 3 is 2.04 bits per heavy atom. The van der Waals surface area contributed by atoms with Crippen molar-refractivity contribution in [1.29, 1.82) is 0 Å². The second-order valence-corrected chi connectivity index (χ2v) is 15.4. The SMILES string of the molecule is CC1(C)c2ccccc2-c2cc(-c3nc(-n4c5ccccc5c5c6ccccc6c6c(c54)Oc4ccccc4C6(C)C)nc4ccccc34)ccc21. The van der Waals surface area contributed by atoms with Gasteiger partial charge in [-0.15, -0.1) is 0 Å². The van der Waals surface area contributed by atoms with Crippen molar-refractivity contribution in [1.82, 2.24) is 14.5 Å². The molecular formula is C48H35N3O. The lowest BCUT2D eigenvalue weighted by atomic mass is 9.73. The van der Waals surface area contributed by atoms with Crippen molar-refractivity contribution in [3.05, 3.63) is 162 Å². The summed E-state index contributed by atoms with van der Waals surface area (Å²) in [7, 11) is 0. The fourth-order valence-electron chi connectivity index (χ4n) is 9.38. The van der Waals surface area contributed by atoms with E-state index in [1.54, 1.807) is 0 Å². The van der Waals surface area contributed by atoms with E-state index in [9.17, 15) is 0 Å². The predicted octanol–water partition coefficient (Wildman–Crippen LogP) is 12.3. The Labute approximate surface area is 302 Å². The summed E-state index contributed by atoms with van der Waals surface area (Å²) in [6, 6.07) is 49.9. The summed E-state index contributed by atoms with van der Waals surface area (Å²) in [6.07, 6.45) is 0. The van der Waals surface area contributed by atoms with Gasteiger partial charge in [0.2, 0.25) is 5.95 Å². The molecule has 0 saturated heterocycles. The van der Waals surface area contributed by atoms with Crippen LogP contribution < -0.4 is 4.74 Å². The Morgan fingerprint density at radius 2 is 1.19 bits per heavy atom. The Hall–Kier alpha value is -6.26. The molecule has 4 heteroatoms. The van der Waals surface area contributed by atoms with Crippen LogP contribution in [0.3, 0.4) is 0 Å². The van der Waals surface area contributed by atoms with Crippen LogP contribution in [0.1, 0.15) is 49.9 Å². The molecule has 0 bridgehead atoms. The number of fused-ring (bicyclic) bond motifs is 13. The second-order valence-electron chi connectivity index (χ2n) is 15.4. The average molecular weight is 670 g/mol. The number of hydrogen-bond acceptors (Lipinski definition) is 3. The standard InChI is InChI=1S/C48H35N3O/c1-47(2)35-20-10-7-15-29(35)34-27-28(25-26-36(34)47)43-32-18-8-12-22-38(32)49-46(50-43)51-39-23-13-9-19-33(39)41-30-16-5-6-17-31(30)42-45(44(41)51)52-40-24-14-11-21-37(40)48(42,3)4/h5-27H,1-4H3. The highest BCUT2D eigenvalue weighted by atomic mass is 16.5. The first-order chi connectivity index (χ1) is 25.3.